The van der Waals surface area contributed by atoms with E-state index in [1.165, 1.54) is 12.1 Å². The normalized spacial score (nSPS) is 24.5. The Labute approximate surface area is 220 Å². The number of carbonyl (C=O) groups is 1. The SMILES string of the molecule is O=C(c1cnc2ccc(-c3cc(F)c(O)c(Cl)c3)cc2c1NC1CCC(N2CCC(O)C2)CC1)C1CC1. The van der Waals surface area contributed by atoms with Gasteiger partial charge >= 0.3 is 0 Å². The van der Waals surface area contributed by atoms with Crippen LogP contribution in [0.2, 0.25) is 5.02 Å². The number of likely N-dealkylation sites (tertiary alicyclic amines) is 1. The number of hydrogen-bond donors (Lipinski definition) is 3. The maximum Gasteiger partial charge on any atom is 0.170 e. The van der Waals surface area contributed by atoms with E-state index in [0.717, 1.165) is 80.2 Å². The lowest BCUT2D eigenvalue weighted by Gasteiger charge is -2.35. The van der Waals surface area contributed by atoms with E-state index in [1.807, 2.05) is 18.2 Å². The largest absolute Gasteiger partial charge is 0.504 e. The highest BCUT2D eigenvalue weighted by Crippen LogP contribution is 2.40. The van der Waals surface area contributed by atoms with Crippen molar-refractivity contribution in [1.29, 1.82) is 0 Å². The van der Waals surface area contributed by atoms with Crippen LogP contribution in [0.4, 0.5) is 10.1 Å². The quantitative estimate of drug-likeness (QED) is 0.355. The van der Waals surface area contributed by atoms with Crippen LogP contribution in [0.15, 0.2) is 36.5 Å². The van der Waals surface area contributed by atoms with E-state index in [1.54, 1.807) is 6.20 Å². The topological polar surface area (TPSA) is 85.7 Å². The predicted molar refractivity (Wildman–Crippen MR) is 143 cm³/mol. The molecule has 3 aliphatic rings. The third-order valence-corrected chi connectivity index (χ3v) is 8.48. The first-order chi connectivity index (χ1) is 17.9. The van der Waals surface area contributed by atoms with Crippen molar-refractivity contribution in [2.24, 2.45) is 5.92 Å². The van der Waals surface area contributed by atoms with Crippen molar-refractivity contribution in [2.45, 2.75) is 63.1 Å². The minimum Gasteiger partial charge on any atom is -0.504 e. The van der Waals surface area contributed by atoms with Crippen molar-refractivity contribution in [3.05, 3.63) is 52.9 Å². The minimum atomic E-state index is -0.779. The zero-order valence-corrected chi connectivity index (χ0v) is 21.3. The molecular weight excluding hydrogens is 493 g/mol. The minimum absolute atomic E-state index is 0.0495. The van der Waals surface area contributed by atoms with Crippen molar-refractivity contribution < 1.29 is 19.4 Å². The number of carbonyl (C=O) groups excluding carboxylic acids is 1. The molecule has 0 spiro atoms. The highest BCUT2D eigenvalue weighted by molar-refractivity contribution is 6.32. The van der Waals surface area contributed by atoms with Crippen molar-refractivity contribution in [1.82, 2.24) is 9.88 Å². The summed E-state index contributed by atoms with van der Waals surface area (Å²) in [7, 11) is 0. The number of Topliss-reactive ketones (excluding diaryl/α,β-unsaturated/α-hetero) is 1. The molecule has 1 atom stereocenters. The number of ketones is 1. The highest BCUT2D eigenvalue weighted by atomic mass is 35.5. The van der Waals surface area contributed by atoms with Gasteiger partial charge in [0.2, 0.25) is 0 Å². The number of benzene rings is 2. The number of phenolic OH excluding ortho intramolecular Hbond substituents is 1. The van der Waals surface area contributed by atoms with Gasteiger partial charge < -0.3 is 15.5 Å². The van der Waals surface area contributed by atoms with Gasteiger partial charge in [-0.15, -0.1) is 0 Å². The van der Waals surface area contributed by atoms with Crippen LogP contribution in [0.3, 0.4) is 0 Å². The fourth-order valence-corrected chi connectivity index (χ4v) is 6.11. The van der Waals surface area contributed by atoms with E-state index in [2.05, 4.69) is 15.2 Å². The number of aromatic nitrogens is 1. The van der Waals surface area contributed by atoms with Gasteiger partial charge in [0.05, 0.1) is 27.9 Å². The lowest BCUT2D eigenvalue weighted by Crippen LogP contribution is -2.39. The average Bonchev–Trinajstić information content (AvgIpc) is 3.67. The maximum atomic E-state index is 14.2. The molecule has 6 nitrogen and oxygen atoms in total. The number of fused-ring (bicyclic) bond motifs is 1. The van der Waals surface area contributed by atoms with Crippen LogP contribution in [0.5, 0.6) is 5.75 Å². The van der Waals surface area contributed by atoms with Gasteiger partial charge in [0.25, 0.3) is 0 Å². The van der Waals surface area contributed by atoms with Crippen LogP contribution in [0.25, 0.3) is 22.0 Å². The number of hydrogen-bond acceptors (Lipinski definition) is 6. The molecule has 2 heterocycles. The number of aliphatic hydroxyl groups is 1. The molecule has 1 aromatic heterocycles. The van der Waals surface area contributed by atoms with Gasteiger partial charge in [0.15, 0.2) is 17.3 Å². The van der Waals surface area contributed by atoms with Crippen LogP contribution in [0, 0.1) is 11.7 Å². The number of anilines is 1. The van der Waals surface area contributed by atoms with E-state index >= 15 is 0 Å². The molecule has 0 bridgehead atoms. The molecule has 6 rings (SSSR count). The van der Waals surface area contributed by atoms with Crippen molar-refractivity contribution in [3.8, 4) is 16.9 Å². The van der Waals surface area contributed by atoms with Gasteiger partial charge in [0.1, 0.15) is 0 Å². The Morgan fingerprint density at radius 3 is 2.51 bits per heavy atom. The molecule has 1 unspecified atom stereocenters. The van der Waals surface area contributed by atoms with E-state index < -0.39 is 11.6 Å². The summed E-state index contributed by atoms with van der Waals surface area (Å²) in [6, 6.07) is 9.17. The summed E-state index contributed by atoms with van der Waals surface area (Å²) >= 11 is 6.05. The summed E-state index contributed by atoms with van der Waals surface area (Å²) in [6.45, 7) is 1.73. The van der Waals surface area contributed by atoms with E-state index in [0.29, 0.717) is 17.2 Å². The van der Waals surface area contributed by atoms with Crippen LogP contribution in [0.1, 0.15) is 55.3 Å². The molecule has 8 heteroatoms. The number of rotatable bonds is 6. The van der Waals surface area contributed by atoms with Crippen LogP contribution >= 0.6 is 11.6 Å². The predicted octanol–water partition coefficient (Wildman–Crippen LogP) is 5.78. The number of nitrogens with one attached hydrogen (secondary N) is 1. The molecular formula is C29H31ClFN3O3. The van der Waals surface area contributed by atoms with Gasteiger partial charge in [-0.05, 0) is 80.3 Å². The molecule has 3 fully saturated rings. The van der Waals surface area contributed by atoms with Crippen molar-refractivity contribution in [2.75, 3.05) is 18.4 Å². The Balaban J connectivity index is 1.33. The zero-order valence-electron chi connectivity index (χ0n) is 20.6. The Bertz CT molecular complexity index is 1330. The summed E-state index contributed by atoms with van der Waals surface area (Å²) in [6.07, 6.45) is 8.23. The summed E-state index contributed by atoms with van der Waals surface area (Å²) in [5, 5.41) is 24.2. The van der Waals surface area contributed by atoms with Crippen LogP contribution < -0.4 is 5.32 Å². The summed E-state index contributed by atoms with van der Waals surface area (Å²) < 4.78 is 14.2. The lowest BCUT2D eigenvalue weighted by atomic mass is 9.89. The Hall–Kier alpha value is -2.74. The number of aliphatic hydroxyl groups excluding tert-OH is 1. The summed E-state index contributed by atoms with van der Waals surface area (Å²) in [5.74, 6) is -1.16. The lowest BCUT2D eigenvalue weighted by molar-refractivity contribution is 0.0968. The van der Waals surface area contributed by atoms with E-state index in [4.69, 9.17) is 11.6 Å². The number of nitrogens with zero attached hydrogens (tertiary/aromatic N) is 2. The molecule has 3 N–H and O–H groups in total. The van der Waals surface area contributed by atoms with Crippen molar-refractivity contribution in [3.63, 3.8) is 0 Å². The zero-order chi connectivity index (χ0) is 25.7. The van der Waals surface area contributed by atoms with Gasteiger partial charge in [0, 0.05) is 42.7 Å². The Morgan fingerprint density at radius 2 is 1.84 bits per heavy atom. The number of aromatic hydroxyl groups is 1. The molecule has 2 aliphatic carbocycles. The second-order valence-corrected chi connectivity index (χ2v) is 11.2. The second kappa shape index (κ2) is 9.86. The molecule has 1 saturated heterocycles. The number of halogens is 2. The molecule has 0 amide bonds. The summed E-state index contributed by atoms with van der Waals surface area (Å²) in [4.78, 5) is 20.3. The third kappa shape index (κ3) is 4.92. The van der Waals surface area contributed by atoms with Crippen molar-refractivity contribution >= 4 is 34.0 Å². The van der Waals surface area contributed by atoms with Gasteiger partial charge in [-0.1, -0.05) is 17.7 Å². The van der Waals surface area contributed by atoms with Gasteiger partial charge in [-0.2, -0.15) is 0 Å². The molecule has 0 radical (unpaired) electrons. The first kappa shape index (κ1) is 24.6. The highest BCUT2D eigenvalue weighted by Gasteiger charge is 2.34. The van der Waals surface area contributed by atoms with Crippen LogP contribution in [-0.4, -0.2) is 57.2 Å². The fraction of sp³-hybridized carbons (Fsp3) is 0.448. The average molecular weight is 524 g/mol. The molecule has 2 saturated carbocycles. The maximum absolute atomic E-state index is 14.2. The van der Waals surface area contributed by atoms with Crippen LogP contribution in [-0.2, 0) is 0 Å². The fourth-order valence-electron chi connectivity index (χ4n) is 5.90. The third-order valence-electron chi connectivity index (χ3n) is 8.19. The monoisotopic (exact) mass is 523 g/mol. The summed E-state index contributed by atoms with van der Waals surface area (Å²) in [5.41, 5.74) is 3.44. The molecule has 194 valence electrons. The van der Waals surface area contributed by atoms with E-state index in [-0.39, 0.29) is 28.9 Å². The standard InChI is InChI=1S/C29H31ClFN3O3/c30-24-12-18(13-25(31)29(24)37)17-3-8-26-22(11-17)27(23(14-32-26)28(36)16-1-2-16)33-19-4-6-20(7-5-19)34-10-9-21(35)15-34/h3,8,11-14,16,19-21,35,37H,1-2,4-7,9-10,15H2,(H,32,33). The van der Waals surface area contributed by atoms with E-state index in [9.17, 15) is 19.4 Å². The Kier molecular flexibility index (Phi) is 6.55. The molecule has 3 aromatic rings. The van der Waals surface area contributed by atoms with Gasteiger partial charge in [-0.25, -0.2) is 4.39 Å². The number of phenols is 1. The molecule has 2 aromatic carbocycles. The first-order valence-corrected chi connectivity index (χ1v) is 13.6. The number of pyridine rings is 1. The molecule has 37 heavy (non-hydrogen) atoms. The van der Waals surface area contributed by atoms with Gasteiger partial charge in [-0.3, -0.25) is 14.7 Å². The molecule has 1 aliphatic heterocycles. The number of β-amino-alcohol motifs (C(OH)–C–C–N with tert-alkyl or cyclic N) is 1. The first-order valence-electron chi connectivity index (χ1n) is 13.2. The second-order valence-electron chi connectivity index (χ2n) is 10.8. The smallest absolute Gasteiger partial charge is 0.170 e. The Morgan fingerprint density at radius 1 is 1.05 bits per heavy atom.